The second-order valence-electron chi connectivity index (χ2n) is 7.60. The van der Waals surface area contributed by atoms with Crippen LogP contribution < -0.4 is 0 Å². The first-order valence-corrected chi connectivity index (χ1v) is 9.92. The molecule has 3 rings (SSSR count). The molecule has 0 N–H and O–H groups in total. The Balaban J connectivity index is 1.43. The summed E-state index contributed by atoms with van der Waals surface area (Å²) < 4.78 is 13.3. The summed E-state index contributed by atoms with van der Waals surface area (Å²) in [6, 6.07) is 6.78. The minimum atomic E-state index is -0.185. The third-order valence-corrected chi connectivity index (χ3v) is 5.62. The number of rotatable bonds is 6. The van der Waals surface area contributed by atoms with E-state index in [0.29, 0.717) is 25.3 Å². The molecule has 0 unspecified atom stereocenters. The zero-order valence-corrected chi connectivity index (χ0v) is 15.5. The number of hydrogen-bond donors (Lipinski definition) is 0. The quantitative estimate of drug-likeness (QED) is 0.780. The maximum absolute atomic E-state index is 13.3. The SMILES string of the molecule is O=C1CCCCN1CCC(=O)N1CCC[C@H](CCc2cccc(F)c2)C1. The average Bonchev–Trinajstić information content (AvgIpc) is 2.66. The Morgan fingerprint density at radius 2 is 2.08 bits per heavy atom. The van der Waals surface area contributed by atoms with Gasteiger partial charge in [0.25, 0.3) is 0 Å². The zero-order chi connectivity index (χ0) is 18.4. The van der Waals surface area contributed by atoms with Gasteiger partial charge in [0.2, 0.25) is 11.8 Å². The van der Waals surface area contributed by atoms with Gasteiger partial charge in [-0.05, 0) is 62.1 Å². The molecule has 2 amide bonds. The average molecular weight is 360 g/mol. The van der Waals surface area contributed by atoms with Crippen molar-refractivity contribution >= 4 is 11.8 Å². The molecule has 1 aromatic carbocycles. The summed E-state index contributed by atoms with van der Waals surface area (Å²) in [7, 11) is 0. The predicted octanol–water partition coefficient (Wildman–Crippen LogP) is 3.40. The van der Waals surface area contributed by atoms with Crippen molar-refractivity contribution in [2.24, 2.45) is 5.92 Å². The lowest BCUT2D eigenvalue weighted by atomic mass is 9.91. The van der Waals surface area contributed by atoms with E-state index in [0.717, 1.165) is 63.7 Å². The van der Waals surface area contributed by atoms with Gasteiger partial charge < -0.3 is 9.80 Å². The summed E-state index contributed by atoms with van der Waals surface area (Å²) >= 11 is 0. The van der Waals surface area contributed by atoms with Crippen molar-refractivity contribution in [3.05, 3.63) is 35.6 Å². The minimum Gasteiger partial charge on any atom is -0.342 e. The molecule has 2 fully saturated rings. The van der Waals surface area contributed by atoms with Gasteiger partial charge in [-0.1, -0.05) is 12.1 Å². The zero-order valence-electron chi connectivity index (χ0n) is 15.5. The van der Waals surface area contributed by atoms with Crippen LogP contribution in [0.1, 0.15) is 50.5 Å². The highest BCUT2D eigenvalue weighted by molar-refractivity contribution is 5.79. The Morgan fingerprint density at radius 1 is 1.19 bits per heavy atom. The smallest absolute Gasteiger partial charge is 0.224 e. The van der Waals surface area contributed by atoms with E-state index in [1.165, 1.54) is 6.07 Å². The van der Waals surface area contributed by atoms with Crippen LogP contribution in [0.3, 0.4) is 0 Å². The number of carbonyl (C=O) groups excluding carboxylic acids is 2. The van der Waals surface area contributed by atoms with E-state index < -0.39 is 0 Å². The molecule has 2 saturated heterocycles. The van der Waals surface area contributed by atoms with Gasteiger partial charge in [-0.15, -0.1) is 0 Å². The lowest BCUT2D eigenvalue weighted by molar-refractivity contribution is -0.136. The van der Waals surface area contributed by atoms with Gasteiger partial charge in [-0.3, -0.25) is 9.59 Å². The lowest BCUT2D eigenvalue weighted by Gasteiger charge is -2.34. The van der Waals surface area contributed by atoms with Crippen molar-refractivity contribution in [3.8, 4) is 0 Å². The van der Waals surface area contributed by atoms with E-state index in [-0.39, 0.29) is 17.6 Å². The van der Waals surface area contributed by atoms with Crippen molar-refractivity contribution in [2.45, 2.75) is 51.4 Å². The Hall–Kier alpha value is -1.91. The maximum atomic E-state index is 13.3. The van der Waals surface area contributed by atoms with Crippen LogP contribution in [0.15, 0.2) is 24.3 Å². The van der Waals surface area contributed by atoms with Gasteiger partial charge in [0.15, 0.2) is 0 Å². The van der Waals surface area contributed by atoms with E-state index in [2.05, 4.69) is 0 Å². The molecule has 0 aliphatic carbocycles. The standard InChI is InChI=1S/C21H29FN2O2/c22-19-7-3-5-17(15-19)9-10-18-6-4-13-24(16-18)21(26)11-14-23-12-2-1-8-20(23)25/h3,5,7,15,18H,1-2,4,6,8-14,16H2/t18-/m1/s1. The summed E-state index contributed by atoms with van der Waals surface area (Å²) in [4.78, 5) is 28.2. The number of benzene rings is 1. The van der Waals surface area contributed by atoms with Crippen LogP contribution in [0.2, 0.25) is 0 Å². The molecule has 142 valence electrons. The highest BCUT2D eigenvalue weighted by atomic mass is 19.1. The van der Waals surface area contributed by atoms with Crippen LogP contribution in [0, 0.1) is 11.7 Å². The van der Waals surface area contributed by atoms with Crippen molar-refractivity contribution in [2.75, 3.05) is 26.2 Å². The second kappa shape index (κ2) is 9.15. The van der Waals surface area contributed by atoms with Crippen LogP contribution in [0.25, 0.3) is 0 Å². The fourth-order valence-electron chi connectivity index (χ4n) is 4.08. The van der Waals surface area contributed by atoms with Gasteiger partial charge in [0.1, 0.15) is 5.82 Å². The van der Waals surface area contributed by atoms with Crippen molar-refractivity contribution < 1.29 is 14.0 Å². The summed E-state index contributed by atoms with van der Waals surface area (Å²) in [6.45, 7) is 2.97. The molecule has 26 heavy (non-hydrogen) atoms. The number of nitrogens with zero attached hydrogens (tertiary/aromatic N) is 2. The molecule has 4 nitrogen and oxygen atoms in total. The van der Waals surface area contributed by atoms with Crippen molar-refractivity contribution in [3.63, 3.8) is 0 Å². The Kier molecular flexibility index (Phi) is 6.64. The van der Waals surface area contributed by atoms with Gasteiger partial charge in [0, 0.05) is 39.0 Å². The first kappa shape index (κ1) is 18.9. The van der Waals surface area contributed by atoms with Gasteiger partial charge in [-0.2, -0.15) is 0 Å². The van der Waals surface area contributed by atoms with Gasteiger partial charge in [0.05, 0.1) is 0 Å². The molecule has 1 aromatic rings. The molecular weight excluding hydrogens is 331 g/mol. The summed E-state index contributed by atoms with van der Waals surface area (Å²) in [5, 5.41) is 0. The van der Waals surface area contributed by atoms with Crippen molar-refractivity contribution in [1.29, 1.82) is 0 Å². The topological polar surface area (TPSA) is 40.6 Å². The number of likely N-dealkylation sites (tertiary alicyclic amines) is 2. The summed E-state index contributed by atoms with van der Waals surface area (Å²) in [6.07, 6.45) is 7.08. The predicted molar refractivity (Wildman–Crippen MR) is 99.1 cm³/mol. The van der Waals surface area contributed by atoms with Crippen LogP contribution in [0.4, 0.5) is 4.39 Å². The third kappa shape index (κ3) is 5.29. The van der Waals surface area contributed by atoms with E-state index >= 15 is 0 Å². The van der Waals surface area contributed by atoms with Gasteiger partial charge >= 0.3 is 0 Å². The fraction of sp³-hybridized carbons (Fsp3) is 0.619. The lowest BCUT2D eigenvalue weighted by Crippen LogP contribution is -2.43. The van der Waals surface area contributed by atoms with Crippen molar-refractivity contribution in [1.82, 2.24) is 9.80 Å². The molecule has 0 radical (unpaired) electrons. The molecule has 5 heteroatoms. The van der Waals surface area contributed by atoms with E-state index in [4.69, 9.17) is 0 Å². The molecule has 2 aliphatic rings. The Morgan fingerprint density at radius 3 is 2.88 bits per heavy atom. The third-order valence-electron chi connectivity index (χ3n) is 5.62. The number of hydrogen-bond acceptors (Lipinski definition) is 2. The number of piperidine rings is 2. The van der Waals surface area contributed by atoms with E-state index in [9.17, 15) is 14.0 Å². The molecular formula is C21H29FN2O2. The molecule has 0 spiro atoms. The maximum Gasteiger partial charge on any atom is 0.224 e. The number of carbonyl (C=O) groups is 2. The highest BCUT2D eigenvalue weighted by Crippen LogP contribution is 2.22. The largest absolute Gasteiger partial charge is 0.342 e. The summed E-state index contributed by atoms with van der Waals surface area (Å²) in [5.41, 5.74) is 1.03. The fourth-order valence-corrected chi connectivity index (χ4v) is 4.08. The molecule has 0 saturated carbocycles. The Labute approximate surface area is 155 Å². The van der Waals surface area contributed by atoms with E-state index in [1.807, 2.05) is 15.9 Å². The van der Waals surface area contributed by atoms with Crippen LogP contribution >= 0.6 is 0 Å². The number of amides is 2. The number of halogens is 1. The molecule has 2 aliphatic heterocycles. The van der Waals surface area contributed by atoms with Crippen LogP contribution in [-0.2, 0) is 16.0 Å². The highest BCUT2D eigenvalue weighted by Gasteiger charge is 2.25. The molecule has 1 atom stereocenters. The monoisotopic (exact) mass is 360 g/mol. The first-order chi connectivity index (χ1) is 12.6. The second-order valence-corrected chi connectivity index (χ2v) is 7.60. The van der Waals surface area contributed by atoms with Crippen LogP contribution in [-0.4, -0.2) is 47.8 Å². The normalized spacial score (nSPS) is 21.1. The molecule has 0 aromatic heterocycles. The minimum absolute atomic E-state index is 0.166. The first-order valence-electron chi connectivity index (χ1n) is 9.92. The molecule has 0 bridgehead atoms. The Bertz CT molecular complexity index is 634. The number of aryl methyl sites for hydroxylation is 1. The summed E-state index contributed by atoms with van der Waals surface area (Å²) in [5.74, 6) is 0.650. The molecule has 2 heterocycles. The van der Waals surface area contributed by atoms with E-state index in [1.54, 1.807) is 12.1 Å². The van der Waals surface area contributed by atoms with Gasteiger partial charge in [-0.25, -0.2) is 4.39 Å². The van der Waals surface area contributed by atoms with Crippen LogP contribution in [0.5, 0.6) is 0 Å².